The molecule has 7 heteroatoms. The third-order valence-electron chi connectivity index (χ3n) is 3.19. The topological polar surface area (TPSA) is 47.4 Å². The molecule has 0 atom stereocenters. The molecule has 1 N–H and O–H groups in total. The van der Waals surface area contributed by atoms with E-state index in [0.717, 1.165) is 4.90 Å². The van der Waals surface area contributed by atoms with Crippen molar-refractivity contribution in [3.63, 3.8) is 0 Å². The molecule has 2 rings (SSSR count). The Morgan fingerprint density at radius 1 is 1.24 bits per heavy atom. The smallest absolute Gasteiger partial charge is 0.355 e. The molecule has 0 saturated carbocycles. The molecule has 0 bridgehead atoms. The number of benzene rings is 1. The van der Waals surface area contributed by atoms with Gasteiger partial charge < -0.3 is 9.80 Å². The number of para-hydroxylation sites is 2. The Hall–Kier alpha value is -2.05. The molecule has 0 radical (unpaired) electrons. The molecule has 1 aromatic carbocycles. The van der Waals surface area contributed by atoms with Crippen molar-refractivity contribution >= 4 is 23.0 Å². The molecule has 114 valence electrons. The predicted octanol–water partition coefficient (Wildman–Crippen LogP) is 2.83. The molecule has 1 aromatic rings. The molecule has 0 saturated heterocycles. The number of nitrogens with zero attached hydrogens (tertiary/aromatic N) is 2. The van der Waals surface area contributed by atoms with Crippen molar-refractivity contribution in [1.29, 1.82) is 5.41 Å². The van der Waals surface area contributed by atoms with Gasteiger partial charge in [0.25, 0.3) is 5.91 Å². The van der Waals surface area contributed by atoms with Gasteiger partial charge in [0, 0.05) is 6.04 Å². The minimum absolute atomic E-state index is 0.246. The van der Waals surface area contributed by atoms with Gasteiger partial charge in [0.15, 0.2) is 0 Å². The van der Waals surface area contributed by atoms with Gasteiger partial charge in [-0.1, -0.05) is 12.1 Å². The summed E-state index contributed by atoms with van der Waals surface area (Å²) in [6, 6.07) is 6.20. The number of hydrogen-bond acceptors (Lipinski definition) is 3. The van der Waals surface area contributed by atoms with Crippen LogP contribution in [0.25, 0.3) is 0 Å². The number of rotatable bonds is 2. The summed E-state index contributed by atoms with van der Waals surface area (Å²) < 4.78 is 38.2. The highest BCUT2D eigenvalue weighted by molar-refractivity contribution is 6.44. The van der Waals surface area contributed by atoms with Crippen LogP contribution in [0.1, 0.15) is 13.8 Å². The molecule has 1 heterocycles. The van der Waals surface area contributed by atoms with E-state index in [1.165, 1.54) is 4.90 Å². The normalized spacial score (nSPS) is 16.3. The number of carbonyl (C=O) groups excluding carboxylic acids is 1. The van der Waals surface area contributed by atoms with E-state index in [9.17, 15) is 18.0 Å². The lowest BCUT2D eigenvalue weighted by Crippen LogP contribution is -2.42. The summed E-state index contributed by atoms with van der Waals surface area (Å²) in [6.45, 7) is 1.99. The molecular weight excluding hydrogens is 283 g/mol. The molecule has 0 aliphatic carbocycles. The van der Waals surface area contributed by atoms with Crippen molar-refractivity contribution < 1.29 is 18.0 Å². The van der Waals surface area contributed by atoms with Crippen molar-refractivity contribution in [3.05, 3.63) is 24.3 Å². The van der Waals surface area contributed by atoms with Gasteiger partial charge in [0.1, 0.15) is 12.3 Å². The molecule has 4 nitrogen and oxygen atoms in total. The molecule has 0 fully saturated rings. The van der Waals surface area contributed by atoms with Crippen molar-refractivity contribution in [2.45, 2.75) is 26.1 Å². The van der Waals surface area contributed by atoms with E-state index in [1.807, 2.05) is 0 Å². The van der Waals surface area contributed by atoms with E-state index >= 15 is 0 Å². The summed E-state index contributed by atoms with van der Waals surface area (Å²) in [5.74, 6) is -0.554. The van der Waals surface area contributed by atoms with Crippen LogP contribution in [-0.4, -0.2) is 36.9 Å². The van der Waals surface area contributed by atoms with E-state index in [-0.39, 0.29) is 18.3 Å². The van der Waals surface area contributed by atoms with Crippen molar-refractivity contribution in [1.82, 2.24) is 0 Å². The monoisotopic (exact) mass is 299 g/mol. The van der Waals surface area contributed by atoms with Gasteiger partial charge in [-0.15, -0.1) is 0 Å². The molecule has 1 amide bonds. The number of carbonyl (C=O) groups is 1. The number of anilines is 2. The first-order valence-corrected chi connectivity index (χ1v) is 6.52. The van der Waals surface area contributed by atoms with Crippen molar-refractivity contribution in [3.8, 4) is 0 Å². The molecular formula is C14H16F3N3O. The van der Waals surface area contributed by atoms with Crippen LogP contribution < -0.4 is 9.80 Å². The van der Waals surface area contributed by atoms with Crippen molar-refractivity contribution in [2.75, 3.05) is 22.9 Å². The number of fused-ring (bicyclic) bond motifs is 1. The minimum Gasteiger partial charge on any atom is -0.355 e. The second-order valence-corrected chi connectivity index (χ2v) is 5.21. The van der Waals surface area contributed by atoms with Crippen molar-refractivity contribution in [2.24, 2.45) is 0 Å². The third kappa shape index (κ3) is 3.17. The predicted molar refractivity (Wildman–Crippen MR) is 75.1 cm³/mol. The highest BCUT2D eigenvalue weighted by Crippen LogP contribution is 2.34. The summed E-state index contributed by atoms with van der Waals surface area (Å²) in [7, 11) is 0. The van der Waals surface area contributed by atoms with Crippen LogP contribution in [0.4, 0.5) is 24.5 Å². The zero-order chi connectivity index (χ0) is 15.8. The zero-order valence-electron chi connectivity index (χ0n) is 11.7. The molecule has 21 heavy (non-hydrogen) atoms. The molecule has 0 unspecified atom stereocenters. The standard InChI is InChI=1S/C14H16F3N3O/c1-9(2)20-12-6-4-3-5-11(12)19(8-14(15,16)17)7-10(18)13(20)21/h3-6,9,18H,7-8H2,1-2H3. The molecule has 1 aliphatic heterocycles. The van der Waals surface area contributed by atoms with Gasteiger partial charge in [-0.2, -0.15) is 13.2 Å². The third-order valence-corrected chi connectivity index (χ3v) is 3.19. The largest absolute Gasteiger partial charge is 0.405 e. The van der Waals surface area contributed by atoms with E-state index in [0.29, 0.717) is 11.4 Å². The SMILES string of the molecule is CC(C)N1C(=O)C(=N)CN(CC(F)(F)F)c2ccccc21. The second-order valence-electron chi connectivity index (χ2n) is 5.21. The second kappa shape index (κ2) is 5.38. The minimum atomic E-state index is -4.40. The lowest BCUT2D eigenvalue weighted by Gasteiger charge is -2.28. The Bertz CT molecular complexity index is 569. The fourth-order valence-electron chi connectivity index (χ4n) is 2.40. The molecule has 1 aliphatic rings. The number of nitrogens with one attached hydrogen (secondary N) is 1. The Morgan fingerprint density at radius 3 is 2.33 bits per heavy atom. The first-order chi connectivity index (χ1) is 9.70. The Morgan fingerprint density at radius 2 is 1.81 bits per heavy atom. The first kappa shape index (κ1) is 15.3. The Balaban J connectivity index is 2.54. The summed E-state index contributed by atoms with van der Waals surface area (Å²) in [6.07, 6.45) is -4.40. The van der Waals surface area contributed by atoms with Gasteiger partial charge in [-0.05, 0) is 26.0 Å². The summed E-state index contributed by atoms with van der Waals surface area (Å²) in [4.78, 5) is 14.6. The highest BCUT2D eigenvalue weighted by Gasteiger charge is 2.37. The van der Waals surface area contributed by atoms with Crippen LogP contribution in [0.3, 0.4) is 0 Å². The number of hydrogen-bond donors (Lipinski definition) is 1. The zero-order valence-corrected chi connectivity index (χ0v) is 11.7. The van der Waals surface area contributed by atoms with Crippen LogP contribution in [0.5, 0.6) is 0 Å². The van der Waals surface area contributed by atoms with Gasteiger partial charge in [0.2, 0.25) is 0 Å². The number of alkyl halides is 3. The average Bonchev–Trinajstić information content (AvgIpc) is 2.45. The highest BCUT2D eigenvalue weighted by atomic mass is 19.4. The maximum Gasteiger partial charge on any atom is 0.405 e. The lowest BCUT2D eigenvalue weighted by atomic mass is 10.2. The fourth-order valence-corrected chi connectivity index (χ4v) is 2.40. The summed E-state index contributed by atoms with van der Waals surface area (Å²) >= 11 is 0. The molecule has 0 aromatic heterocycles. The van der Waals surface area contributed by atoms with Crippen LogP contribution >= 0.6 is 0 Å². The van der Waals surface area contributed by atoms with Crippen LogP contribution in [0.2, 0.25) is 0 Å². The first-order valence-electron chi connectivity index (χ1n) is 6.52. The van der Waals surface area contributed by atoms with Gasteiger partial charge in [-0.3, -0.25) is 10.2 Å². The maximum atomic E-state index is 12.7. The van der Waals surface area contributed by atoms with Crippen LogP contribution in [0, 0.1) is 5.41 Å². The summed E-state index contributed by atoms with van der Waals surface area (Å²) in [5.41, 5.74) is 0.382. The van der Waals surface area contributed by atoms with E-state index < -0.39 is 18.6 Å². The van der Waals surface area contributed by atoms with Crippen LogP contribution in [0.15, 0.2) is 24.3 Å². The Labute approximate surface area is 120 Å². The molecule has 0 spiro atoms. The maximum absolute atomic E-state index is 12.7. The lowest BCUT2D eigenvalue weighted by molar-refractivity contribution is -0.119. The number of amides is 1. The van der Waals surface area contributed by atoms with Crippen LogP contribution in [-0.2, 0) is 4.79 Å². The summed E-state index contributed by atoms with van der Waals surface area (Å²) in [5, 5.41) is 7.77. The van der Waals surface area contributed by atoms with Gasteiger partial charge in [-0.25, -0.2) is 0 Å². The van der Waals surface area contributed by atoms with E-state index in [4.69, 9.17) is 5.41 Å². The van der Waals surface area contributed by atoms with Gasteiger partial charge in [0.05, 0.1) is 17.9 Å². The van der Waals surface area contributed by atoms with E-state index in [2.05, 4.69) is 0 Å². The fraction of sp³-hybridized carbons (Fsp3) is 0.429. The Kier molecular flexibility index (Phi) is 3.93. The van der Waals surface area contributed by atoms with E-state index in [1.54, 1.807) is 38.1 Å². The quantitative estimate of drug-likeness (QED) is 0.913. The average molecular weight is 299 g/mol. The number of halogens is 3. The van der Waals surface area contributed by atoms with Gasteiger partial charge >= 0.3 is 6.18 Å².